The lowest BCUT2D eigenvalue weighted by molar-refractivity contribution is -0.132. The molecular formula is C29H34F3N5O5. The number of hydrogen-bond donors (Lipinski definition) is 2. The summed E-state index contributed by atoms with van der Waals surface area (Å²) in [6.45, 7) is 7.41. The van der Waals surface area contributed by atoms with Crippen molar-refractivity contribution in [2.24, 2.45) is 5.41 Å². The fourth-order valence-corrected chi connectivity index (χ4v) is 4.99. The summed E-state index contributed by atoms with van der Waals surface area (Å²) in [7, 11) is 0. The number of amides is 5. The van der Waals surface area contributed by atoms with E-state index in [0.717, 1.165) is 6.07 Å². The molecule has 10 nitrogen and oxygen atoms in total. The quantitative estimate of drug-likeness (QED) is 0.505. The molecule has 0 bridgehead atoms. The van der Waals surface area contributed by atoms with Crippen LogP contribution in [0.5, 0.6) is 0 Å². The predicted molar refractivity (Wildman–Crippen MR) is 147 cm³/mol. The van der Waals surface area contributed by atoms with E-state index in [4.69, 9.17) is 4.74 Å². The maximum absolute atomic E-state index is 15.1. The Kier molecular flexibility index (Phi) is 8.97. The number of rotatable bonds is 5. The summed E-state index contributed by atoms with van der Waals surface area (Å²) >= 11 is 0. The van der Waals surface area contributed by atoms with Crippen molar-refractivity contribution in [2.75, 3.05) is 31.1 Å². The standard InChI is InChI=1S/C29H34F3N5O5/c1-28(2,3)42-27(41)36-17-29(18-36)11-13-35(14-12-29)26(40)37(21-7-5-4-6-8-21)16-20-10-9-19(15-22(20)30)24(38)33-34-25(39)23(31)32/h4-10,15,23H,11-14,16-18H2,1-3H3,(H,33,38)(H,34,39). The molecule has 42 heavy (non-hydrogen) atoms. The number of piperidine rings is 1. The van der Waals surface area contributed by atoms with Gasteiger partial charge in [0.05, 0.1) is 6.54 Å². The van der Waals surface area contributed by atoms with Gasteiger partial charge in [0.1, 0.15) is 11.4 Å². The second kappa shape index (κ2) is 12.3. The topological polar surface area (TPSA) is 111 Å². The highest BCUT2D eigenvalue weighted by Gasteiger charge is 2.48. The van der Waals surface area contributed by atoms with Gasteiger partial charge in [-0.05, 0) is 57.9 Å². The zero-order valence-electron chi connectivity index (χ0n) is 23.7. The number of benzene rings is 2. The molecule has 0 aliphatic carbocycles. The minimum atomic E-state index is -3.32. The highest BCUT2D eigenvalue weighted by Crippen LogP contribution is 2.41. The maximum atomic E-state index is 15.1. The van der Waals surface area contributed by atoms with Gasteiger partial charge in [0.15, 0.2) is 0 Å². The molecule has 0 unspecified atom stereocenters. The normalized spacial score (nSPS) is 16.1. The predicted octanol–water partition coefficient (Wildman–Crippen LogP) is 4.31. The van der Waals surface area contributed by atoms with E-state index >= 15 is 4.39 Å². The van der Waals surface area contributed by atoms with Gasteiger partial charge in [0.25, 0.3) is 5.91 Å². The highest BCUT2D eigenvalue weighted by molar-refractivity contribution is 5.96. The SMILES string of the molecule is CC(C)(C)OC(=O)N1CC2(CCN(C(=O)N(Cc3ccc(C(=O)NNC(=O)C(F)F)cc3F)c3ccccc3)CC2)C1. The highest BCUT2D eigenvalue weighted by atomic mass is 19.3. The third-order valence-corrected chi connectivity index (χ3v) is 7.24. The van der Waals surface area contributed by atoms with Crippen LogP contribution >= 0.6 is 0 Å². The van der Waals surface area contributed by atoms with E-state index < -0.39 is 29.7 Å². The van der Waals surface area contributed by atoms with Crippen LogP contribution in [0.4, 0.5) is 28.4 Å². The van der Waals surface area contributed by atoms with E-state index in [1.807, 2.05) is 20.8 Å². The molecule has 0 atom stereocenters. The largest absolute Gasteiger partial charge is 0.444 e. The molecule has 2 aromatic carbocycles. The van der Waals surface area contributed by atoms with Crippen LogP contribution in [0.15, 0.2) is 48.5 Å². The molecule has 0 aromatic heterocycles. The second-order valence-electron chi connectivity index (χ2n) is 11.6. The summed E-state index contributed by atoms with van der Waals surface area (Å²) < 4.78 is 45.2. The Morgan fingerprint density at radius 3 is 2.19 bits per heavy atom. The van der Waals surface area contributed by atoms with Gasteiger partial charge in [-0.15, -0.1) is 0 Å². The summed E-state index contributed by atoms with van der Waals surface area (Å²) in [5.74, 6) is -3.46. The third-order valence-electron chi connectivity index (χ3n) is 7.24. The first-order chi connectivity index (χ1) is 19.8. The Bertz CT molecular complexity index is 1320. The smallest absolute Gasteiger partial charge is 0.410 e. The van der Waals surface area contributed by atoms with Crippen molar-refractivity contribution in [1.82, 2.24) is 20.7 Å². The zero-order valence-corrected chi connectivity index (χ0v) is 23.7. The van der Waals surface area contributed by atoms with Crippen molar-refractivity contribution in [1.29, 1.82) is 0 Å². The van der Waals surface area contributed by atoms with Crippen LogP contribution in [-0.2, 0) is 16.1 Å². The van der Waals surface area contributed by atoms with Crippen LogP contribution in [0.1, 0.15) is 49.5 Å². The van der Waals surface area contributed by atoms with Gasteiger partial charge >= 0.3 is 24.5 Å². The van der Waals surface area contributed by atoms with E-state index in [1.165, 1.54) is 17.0 Å². The number of nitrogens with zero attached hydrogens (tertiary/aromatic N) is 3. The molecule has 226 valence electrons. The van der Waals surface area contributed by atoms with Crippen LogP contribution in [0.3, 0.4) is 0 Å². The number of alkyl halides is 2. The first-order valence-corrected chi connectivity index (χ1v) is 13.5. The van der Waals surface area contributed by atoms with Crippen LogP contribution < -0.4 is 15.8 Å². The number of hydrogen-bond acceptors (Lipinski definition) is 5. The number of carbonyl (C=O) groups is 4. The fourth-order valence-electron chi connectivity index (χ4n) is 4.99. The summed E-state index contributed by atoms with van der Waals surface area (Å²) in [5, 5.41) is 0. The van der Waals surface area contributed by atoms with E-state index in [2.05, 4.69) is 0 Å². The van der Waals surface area contributed by atoms with Gasteiger partial charge < -0.3 is 14.5 Å². The number of nitrogens with one attached hydrogen (secondary N) is 2. The lowest BCUT2D eigenvalue weighted by Crippen LogP contribution is -2.63. The number of likely N-dealkylation sites (tertiary alicyclic amines) is 2. The van der Waals surface area contributed by atoms with Crippen LogP contribution in [0.25, 0.3) is 0 Å². The van der Waals surface area contributed by atoms with E-state index in [0.29, 0.717) is 44.7 Å². The molecule has 2 saturated heterocycles. The molecule has 2 N–H and O–H groups in total. The molecule has 2 aliphatic heterocycles. The number of urea groups is 1. The number of ether oxygens (including phenoxy) is 1. The minimum Gasteiger partial charge on any atom is -0.444 e. The molecular weight excluding hydrogens is 555 g/mol. The molecule has 13 heteroatoms. The zero-order chi connectivity index (χ0) is 30.7. The number of halogens is 3. The number of anilines is 1. The van der Waals surface area contributed by atoms with Gasteiger partial charge in [0.2, 0.25) is 0 Å². The number of para-hydroxylation sites is 1. The number of hydrazine groups is 1. The third kappa shape index (κ3) is 7.31. The molecule has 1 spiro atoms. The Balaban J connectivity index is 1.41. The Labute approximate surface area is 241 Å². The summed E-state index contributed by atoms with van der Waals surface area (Å²) in [4.78, 5) is 54.1. The summed E-state index contributed by atoms with van der Waals surface area (Å²) in [6.07, 6.45) is -2.25. The Hall–Kier alpha value is -4.29. The van der Waals surface area contributed by atoms with E-state index in [-0.39, 0.29) is 35.2 Å². The molecule has 5 amide bonds. The Morgan fingerprint density at radius 2 is 1.62 bits per heavy atom. The minimum absolute atomic E-state index is 0.0669. The Morgan fingerprint density at radius 1 is 0.976 bits per heavy atom. The van der Waals surface area contributed by atoms with Gasteiger partial charge in [0, 0.05) is 48.4 Å². The summed E-state index contributed by atoms with van der Waals surface area (Å²) in [6, 6.07) is 12.0. The molecule has 2 fully saturated rings. The second-order valence-corrected chi connectivity index (χ2v) is 11.6. The average Bonchev–Trinajstić information content (AvgIpc) is 2.92. The maximum Gasteiger partial charge on any atom is 0.410 e. The van der Waals surface area contributed by atoms with Gasteiger partial charge in [-0.2, -0.15) is 8.78 Å². The van der Waals surface area contributed by atoms with Crippen LogP contribution in [0.2, 0.25) is 0 Å². The van der Waals surface area contributed by atoms with Crippen molar-refractivity contribution >= 4 is 29.6 Å². The first kappa shape index (κ1) is 30.7. The van der Waals surface area contributed by atoms with Crippen molar-refractivity contribution in [3.05, 3.63) is 65.5 Å². The lowest BCUT2D eigenvalue weighted by atomic mass is 9.72. The molecule has 2 aliphatic rings. The molecule has 4 rings (SSSR count). The molecule has 0 radical (unpaired) electrons. The number of carbonyl (C=O) groups excluding carboxylic acids is 4. The molecule has 2 heterocycles. The monoisotopic (exact) mass is 589 g/mol. The lowest BCUT2D eigenvalue weighted by Gasteiger charge is -2.53. The van der Waals surface area contributed by atoms with Crippen molar-refractivity contribution < 1.29 is 37.1 Å². The fraction of sp³-hybridized carbons (Fsp3) is 0.448. The van der Waals surface area contributed by atoms with Crippen LogP contribution in [0, 0.1) is 11.2 Å². The molecule has 2 aromatic rings. The summed E-state index contributed by atoms with van der Waals surface area (Å²) in [5.41, 5.74) is 3.20. The van der Waals surface area contributed by atoms with Crippen molar-refractivity contribution in [2.45, 2.75) is 52.2 Å². The van der Waals surface area contributed by atoms with Gasteiger partial charge in [-0.3, -0.25) is 25.3 Å². The first-order valence-electron chi connectivity index (χ1n) is 13.5. The van der Waals surface area contributed by atoms with Crippen LogP contribution in [-0.4, -0.2) is 71.9 Å². The van der Waals surface area contributed by atoms with Crippen molar-refractivity contribution in [3.63, 3.8) is 0 Å². The van der Waals surface area contributed by atoms with Gasteiger partial charge in [-0.25, -0.2) is 14.0 Å². The van der Waals surface area contributed by atoms with E-state index in [9.17, 15) is 28.0 Å². The average molecular weight is 590 g/mol. The van der Waals surface area contributed by atoms with Crippen molar-refractivity contribution in [3.8, 4) is 0 Å². The van der Waals surface area contributed by atoms with Gasteiger partial charge in [-0.1, -0.05) is 24.3 Å². The molecule has 0 saturated carbocycles. The van der Waals surface area contributed by atoms with E-state index in [1.54, 1.807) is 51.0 Å².